The maximum Gasteiger partial charge on any atom is 0.329 e. The van der Waals surface area contributed by atoms with Gasteiger partial charge in [-0.05, 0) is 59.7 Å². The van der Waals surface area contributed by atoms with Crippen LogP contribution in [0, 0.1) is 3.57 Å². The van der Waals surface area contributed by atoms with Crippen molar-refractivity contribution < 1.29 is 19.1 Å². The van der Waals surface area contributed by atoms with Crippen LogP contribution in [0.2, 0.25) is 0 Å². The first kappa shape index (κ1) is 17.6. The van der Waals surface area contributed by atoms with Gasteiger partial charge in [0.05, 0.1) is 17.3 Å². The molecule has 23 heavy (non-hydrogen) atoms. The fourth-order valence-electron chi connectivity index (χ4n) is 2.30. The molecule has 124 valence electrons. The first-order valence-electron chi connectivity index (χ1n) is 7.36. The van der Waals surface area contributed by atoms with Gasteiger partial charge in [0.25, 0.3) is 5.91 Å². The second-order valence-electron chi connectivity index (χ2n) is 4.91. The zero-order valence-corrected chi connectivity index (χ0v) is 15.5. The number of rotatable bonds is 6. The first-order valence-corrected chi connectivity index (χ1v) is 8.44. The minimum Gasteiger partial charge on any atom is -0.492 e. The SMILES string of the molecule is CCCN1C(=O)N/C(=C/c2cc(I)c(OC)c(OCC)c2)C1=O. The zero-order valence-electron chi connectivity index (χ0n) is 13.3. The highest BCUT2D eigenvalue weighted by atomic mass is 127. The van der Waals surface area contributed by atoms with Gasteiger partial charge in [0.15, 0.2) is 11.5 Å². The molecule has 0 aliphatic carbocycles. The number of nitrogens with zero attached hydrogens (tertiary/aromatic N) is 1. The van der Waals surface area contributed by atoms with Crippen molar-refractivity contribution in [3.8, 4) is 11.5 Å². The van der Waals surface area contributed by atoms with Crippen LogP contribution in [0.15, 0.2) is 17.8 Å². The molecule has 0 atom stereocenters. The number of carbonyl (C=O) groups is 2. The van der Waals surface area contributed by atoms with Crippen molar-refractivity contribution in [3.05, 3.63) is 27.0 Å². The van der Waals surface area contributed by atoms with E-state index in [0.29, 0.717) is 24.7 Å². The van der Waals surface area contributed by atoms with Crippen molar-refractivity contribution in [3.63, 3.8) is 0 Å². The summed E-state index contributed by atoms with van der Waals surface area (Å²) < 4.78 is 11.8. The van der Waals surface area contributed by atoms with E-state index in [4.69, 9.17) is 9.47 Å². The van der Waals surface area contributed by atoms with Gasteiger partial charge in [-0.25, -0.2) is 4.79 Å². The summed E-state index contributed by atoms with van der Waals surface area (Å²) in [6.07, 6.45) is 2.38. The number of hydrogen-bond donors (Lipinski definition) is 1. The molecule has 1 aromatic carbocycles. The van der Waals surface area contributed by atoms with Crippen LogP contribution in [0.5, 0.6) is 11.5 Å². The van der Waals surface area contributed by atoms with Gasteiger partial charge in [-0.15, -0.1) is 0 Å². The number of carbonyl (C=O) groups excluding carboxylic acids is 2. The molecule has 0 aromatic heterocycles. The Labute approximate surface area is 149 Å². The normalized spacial score (nSPS) is 16.0. The van der Waals surface area contributed by atoms with Crippen LogP contribution >= 0.6 is 22.6 Å². The smallest absolute Gasteiger partial charge is 0.329 e. The third-order valence-corrected chi connectivity index (χ3v) is 4.06. The molecule has 1 saturated heterocycles. The highest BCUT2D eigenvalue weighted by molar-refractivity contribution is 14.1. The van der Waals surface area contributed by atoms with Crippen molar-refractivity contribution >= 4 is 40.6 Å². The lowest BCUT2D eigenvalue weighted by atomic mass is 10.1. The second kappa shape index (κ2) is 7.67. The lowest BCUT2D eigenvalue weighted by Gasteiger charge is -2.12. The van der Waals surface area contributed by atoms with E-state index in [0.717, 1.165) is 15.6 Å². The zero-order chi connectivity index (χ0) is 17.0. The number of nitrogens with one attached hydrogen (secondary N) is 1. The molecular weight excluding hydrogens is 411 g/mol. The number of urea groups is 1. The Kier molecular flexibility index (Phi) is 5.86. The molecule has 1 N–H and O–H groups in total. The molecule has 0 unspecified atom stereocenters. The number of hydrogen-bond acceptors (Lipinski definition) is 4. The number of methoxy groups -OCH3 is 1. The molecule has 1 fully saturated rings. The maximum atomic E-state index is 12.2. The summed E-state index contributed by atoms with van der Waals surface area (Å²) in [4.78, 5) is 25.3. The average Bonchev–Trinajstić information content (AvgIpc) is 2.75. The Morgan fingerprint density at radius 3 is 2.65 bits per heavy atom. The van der Waals surface area contributed by atoms with E-state index >= 15 is 0 Å². The van der Waals surface area contributed by atoms with E-state index in [1.54, 1.807) is 19.3 Å². The van der Waals surface area contributed by atoms with E-state index in [1.165, 1.54) is 4.90 Å². The maximum absolute atomic E-state index is 12.2. The summed E-state index contributed by atoms with van der Waals surface area (Å²) in [5.74, 6) is 0.959. The van der Waals surface area contributed by atoms with Gasteiger partial charge in [0.2, 0.25) is 0 Å². The van der Waals surface area contributed by atoms with Crippen LogP contribution in [0.25, 0.3) is 6.08 Å². The highest BCUT2D eigenvalue weighted by Crippen LogP contribution is 2.34. The summed E-state index contributed by atoms with van der Waals surface area (Å²) >= 11 is 2.15. The number of ether oxygens (including phenoxy) is 2. The van der Waals surface area contributed by atoms with Crippen molar-refractivity contribution in [2.45, 2.75) is 20.3 Å². The van der Waals surface area contributed by atoms with Gasteiger partial charge in [-0.2, -0.15) is 0 Å². The van der Waals surface area contributed by atoms with E-state index in [9.17, 15) is 9.59 Å². The summed E-state index contributed by atoms with van der Waals surface area (Å²) in [6.45, 7) is 4.72. The van der Waals surface area contributed by atoms with Crippen LogP contribution in [-0.2, 0) is 4.79 Å². The predicted octanol–water partition coefficient (Wildman–Crippen LogP) is 3.00. The van der Waals surface area contributed by atoms with Crippen molar-refractivity contribution in [2.75, 3.05) is 20.3 Å². The minimum atomic E-state index is -0.378. The van der Waals surface area contributed by atoms with Crippen LogP contribution in [0.1, 0.15) is 25.8 Å². The average molecular weight is 430 g/mol. The molecule has 0 radical (unpaired) electrons. The van der Waals surface area contributed by atoms with E-state index in [-0.39, 0.29) is 17.6 Å². The Morgan fingerprint density at radius 1 is 1.30 bits per heavy atom. The minimum absolute atomic E-state index is 0.270. The standard InChI is InChI=1S/C16H19IN2O4/c1-4-6-19-15(20)12(18-16(19)21)8-10-7-11(17)14(22-3)13(9-10)23-5-2/h7-9H,4-6H2,1-3H3,(H,18,21)/b12-8+. The van der Waals surface area contributed by atoms with Gasteiger partial charge < -0.3 is 14.8 Å². The second-order valence-corrected chi connectivity index (χ2v) is 6.07. The third kappa shape index (κ3) is 3.77. The molecule has 1 heterocycles. The fourth-order valence-corrected chi connectivity index (χ4v) is 3.14. The van der Waals surface area contributed by atoms with Crippen LogP contribution in [0.3, 0.4) is 0 Å². The van der Waals surface area contributed by atoms with E-state index in [1.807, 2.05) is 19.9 Å². The molecule has 0 bridgehead atoms. The van der Waals surface area contributed by atoms with E-state index < -0.39 is 0 Å². The molecule has 3 amide bonds. The number of benzene rings is 1. The Morgan fingerprint density at radius 2 is 2.04 bits per heavy atom. The largest absolute Gasteiger partial charge is 0.492 e. The predicted molar refractivity (Wildman–Crippen MR) is 95.4 cm³/mol. The lowest BCUT2D eigenvalue weighted by molar-refractivity contribution is -0.122. The van der Waals surface area contributed by atoms with Gasteiger partial charge in [-0.1, -0.05) is 6.92 Å². The van der Waals surface area contributed by atoms with Crippen molar-refractivity contribution in [1.29, 1.82) is 0 Å². The molecule has 2 rings (SSSR count). The Hall–Kier alpha value is -1.77. The van der Waals surface area contributed by atoms with E-state index in [2.05, 4.69) is 27.9 Å². The molecule has 1 aliphatic rings. The molecule has 1 aromatic rings. The van der Waals surface area contributed by atoms with Crippen molar-refractivity contribution in [2.24, 2.45) is 0 Å². The monoisotopic (exact) mass is 430 g/mol. The van der Waals surface area contributed by atoms with Gasteiger partial charge in [0.1, 0.15) is 5.70 Å². The van der Waals surface area contributed by atoms with Gasteiger partial charge >= 0.3 is 6.03 Å². The van der Waals surface area contributed by atoms with Gasteiger partial charge in [-0.3, -0.25) is 9.69 Å². The number of amides is 3. The Bertz CT molecular complexity index is 658. The van der Waals surface area contributed by atoms with Crippen LogP contribution in [-0.4, -0.2) is 37.1 Å². The fraction of sp³-hybridized carbons (Fsp3) is 0.375. The first-order chi connectivity index (χ1) is 11.0. The quantitative estimate of drug-likeness (QED) is 0.428. The summed E-state index contributed by atoms with van der Waals surface area (Å²) in [7, 11) is 1.58. The Balaban J connectivity index is 2.36. The van der Waals surface area contributed by atoms with Crippen LogP contribution in [0.4, 0.5) is 4.79 Å². The molecular formula is C16H19IN2O4. The molecule has 0 spiro atoms. The summed E-state index contributed by atoms with van der Waals surface area (Å²) in [5.41, 5.74) is 1.03. The molecule has 6 nitrogen and oxygen atoms in total. The molecule has 7 heteroatoms. The lowest BCUT2D eigenvalue weighted by Crippen LogP contribution is -2.31. The number of halogens is 1. The highest BCUT2D eigenvalue weighted by Gasteiger charge is 2.32. The third-order valence-electron chi connectivity index (χ3n) is 3.26. The summed E-state index contributed by atoms with van der Waals surface area (Å²) in [6, 6.07) is 3.28. The van der Waals surface area contributed by atoms with Gasteiger partial charge in [0, 0.05) is 6.54 Å². The topological polar surface area (TPSA) is 67.9 Å². The van der Waals surface area contributed by atoms with Crippen molar-refractivity contribution in [1.82, 2.24) is 10.2 Å². The van der Waals surface area contributed by atoms with Crippen LogP contribution < -0.4 is 14.8 Å². The molecule has 0 saturated carbocycles. The summed E-state index contributed by atoms with van der Waals surface area (Å²) in [5, 5.41) is 2.61. The number of imide groups is 1. The molecule has 1 aliphatic heterocycles.